The van der Waals surface area contributed by atoms with Gasteiger partial charge in [0.15, 0.2) is 0 Å². The Kier molecular flexibility index (Phi) is 13.7. The minimum absolute atomic E-state index is 0.221. The standard InChI is InChI=1S/C18H32O5/c1-2-3-7-11-16(20)17(21)14-13-15(19)10-8-5-4-6-9-12-18(22)23/h3,7,13-17,19-21H,2,4-6,8-12H2,1H3,(H,22,23)/b7-3-,14-13+/t15-,16+,17-/m1/s1. The van der Waals surface area contributed by atoms with Crippen molar-refractivity contribution in [2.45, 2.75) is 83.0 Å². The molecule has 0 bridgehead atoms. The summed E-state index contributed by atoms with van der Waals surface area (Å²) in [7, 11) is 0. The molecule has 5 nitrogen and oxygen atoms in total. The fourth-order valence-electron chi connectivity index (χ4n) is 2.17. The zero-order chi connectivity index (χ0) is 17.5. The first kappa shape index (κ1) is 21.8. The molecule has 0 heterocycles. The quantitative estimate of drug-likeness (QED) is 0.290. The first-order valence-electron chi connectivity index (χ1n) is 8.56. The van der Waals surface area contributed by atoms with Crippen LogP contribution in [0.4, 0.5) is 0 Å². The van der Waals surface area contributed by atoms with E-state index in [0.29, 0.717) is 19.3 Å². The number of aliphatic carboxylic acids is 1. The molecule has 0 saturated heterocycles. The maximum absolute atomic E-state index is 10.3. The Morgan fingerprint density at radius 1 is 0.957 bits per heavy atom. The number of unbranched alkanes of at least 4 members (excludes halogenated alkanes) is 4. The van der Waals surface area contributed by atoms with Crippen molar-refractivity contribution in [2.24, 2.45) is 0 Å². The Balaban J connectivity index is 3.72. The number of rotatable bonds is 14. The molecule has 0 amide bonds. The SMILES string of the molecule is CC/C=C\C[C@H](O)[C@H](O)/C=C/[C@H](O)CCCCCCCC(=O)O. The Hall–Kier alpha value is -1.17. The number of aliphatic hydroxyl groups is 3. The van der Waals surface area contributed by atoms with Crippen LogP contribution in [0.2, 0.25) is 0 Å². The molecule has 0 aromatic rings. The molecule has 3 atom stereocenters. The van der Waals surface area contributed by atoms with Gasteiger partial charge in [-0.15, -0.1) is 0 Å². The highest BCUT2D eigenvalue weighted by Gasteiger charge is 2.11. The van der Waals surface area contributed by atoms with Gasteiger partial charge in [-0.2, -0.15) is 0 Å². The van der Waals surface area contributed by atoms with Crippen LogP contribution in [-0.4, -0.2) is 44.7 Å². The molecular formula is C18H32O5. The number of hydrogen-bond acceptors (Lipinski definition) is 4. The highest BCUT2D eigenvalue weighted by Crippen LogP contribution is 2.10. The van der Waals surface area contributed by atoms with Crippen LogP contribution in [0.25, 0.3) is 0 Å². The van der Waals surface area contributed by atoms with Crippen molar-refractivity contribution in [2.75, 3.05) is 0 Å². The van der Waals surface area contributed by atoms with Crippen molar-refractivity contribution in [3.05, 3.63) is 24.3 Å². The predicted molar refractivity (Wildman–Crippen MR) is 91.2 cm³/mol. The Labute approximate surface area is 139 Å². The van der Waals surface area contributed by atoms with Gasteiger partial charge in [-0.3, -0.25) is 4.79 Å². The lowest BCUT2D eigenvalue weighted by Gasteiger charge is -2.13. The normalized spacial score (nSPS) is 16.0. The summed E-state index contributed by atoms with van der Waals surface area (Å²) in [5.74, 6) is -0.753. The van der Waals surface area contributed by atoms with Gasteiger partial charge in [0, 0.05) is 6.42 Å². The van der Waals surface area contributed by atoms with Crippen molar-refractivity contribution < 1.29 is 25.2 Å². The average Bonchev–Trinajstić information content (AvgIpc) is 2.51. The van der Waals surface area contributed by atoms with Crippen molar-refractivity contribution in [1.82, 2.24) is 0 Å². The molecule has 4 N–H and O–H groups in total. The summed E-state index contributed by atoms with van der Waals surface area (Å²) < 4.78 is 0. The fraction of sp³-hybridized carbons (Fsp3) is 0.722. The van der Waals surface area contributed by atoms with Gasteiger partial charge in [0.25, 0.3) is 0 Å². The van der Waals surface area contributed by atoms with Gasteiger partial charge >= 0.3 is 5.97 Å². The minimum Gasteiger partial charge on any atom is -0.481 e. The Morgan fingerprint density at radius 3 is 2.26 bits per heavy atom. The van der Waals surface area contributed by atoms with Gasteiger partial charge in [-0.25, -0.2) is 0 Å². The van der Waals surface area contributed by atoms with Crippen LogP contribution in [0.3, 0.4) is 0 Å². The topological polar surface area (TPSA) is 98.0 Å². The smallest absolute Gasteiger partial charge is 0.303 e. The van der Waals surface area contributed by atoms with Crippen molar-refractivity contribution in [1.29, 1.82) is 0 Å². The van der Waals surface area contributed by atoms with E-state index in [2.05, 4.69) is 0 Å². The molecule has 0 aliphatic carbocycles. The molecule has 0 unspecified atom stereocenters. The molecule has 5 heteroatoms. The molecular weight excluding hydrogens is 296 g/mol. The molecule has 0 aromatic heterocycles. The van der Waals surface area contributed by atoms with E-state index in [-0.39, 0.29) is 6.42 Å². The third-order valence-electron chi connectivity index (χ3n) is 3.60. The summed E-state index contributed by atoms with van der Waals surface area (Å²) in [6.45, 7) is 2.00. The second-order valence-electron chi connectivity index (χ2n) is 5.83. The fourth-order valence-corrected chi connectivity index (χ4v) is 2.17. The number of carboxylic acid groups (broad SMARTS) is 1. The summed E-state index contributed by atoms with van der Waals surface area (Å²) >= 11 is 0. The molecule has 0 radical (unpaired) electrons. The first-order chi connectivity index (χ1) is 11.0. The van der Waals surface area contributed by atoms with E-state index in [1.54, 1.807) is 0 Å². The summed E-state index contributed by atoms with van der Waals surface area (Å²) in [6, 6.07) is 0. The number of carbonyl (C=O) groups is 1. The number of allylic oxidation sites excluding steroid dienone is 1. The molecule has 134 valence electrons. The molecule has 0 spiro atoms. The second kappa shape index (κ2) is 14.4. The van der Waals surface area contributed by atoms with E-state index < -0.39 is 24.3 Å². The van der Waals surface area contributed by atoms with Crippen LogP contribution >= 0.6 is 0 Å². The maximum atomic E-state index is 10.3. The lowest BCUT2D eigenvalue weighted by Crippen LogP contribution is -2.23. The first-order valence-corrected chi connectivity index (χ1v) is 8.56. The number of hydrogen-bond donors (Lipinski definition) is 4. The molecule has 0 rings (SSSR count). The Bertz CT molecular complexity index is 351. The lowest BCUT2D eigenvalue weighted by molar-refractivity contribution is -0.137. The van der Waals surface area contributed by atoms with Gasteiger partial charge in [0.1, 0.15) is 0 Å². The third-order valence-corrected chi connectivity index (χ3v) is 3.60. The van der Waals surface area contributed by atoms with E-state index in [9.17, 15) is 20.1 Å². The van der Waals surface area contributed by atoms with Crippen molar-refractivity contribution in [3.8, 4) is 0 Å². The second-order valence-corrected chi connectivity index (χ2v) is 5.83. The summed E-state index contributed by atoms with van der Waals surface area (Å²) in [5, 5.41) is 37.8. The van der Waals surface area contributed by atoms with E-state index in [0.717, 1.165) is 32.1 Å². The highest BCUT2D eigenvalue weighted by atomic mass is 16.4. The predicted octanol–water partition coefficient (Wildman–Crippen LogP) is 2.80. The van der Waals surface area contributed by atoms with Gasteiger partial charge in [0.2, 0.25) is 0 Å². The van der Waals surface area contributed by atoms with Crippen molar-refractivity contribution in [3.63, 3.8) is 0 Å². The van der Waals surface area contributed by atoms with E-state index >= 15 is 0 Å². The lowest BCUT2D eigenvalue weighted by atomic mass is 10.0. The van der Waals surface area contributed by atoms with Gasteiger partial charge in [0.05, 0.1) is 18.3 Å². The van der Waals surface area contributed by atoms with Crippen LogP contribution in [-0.2, 0) is 4.79 Å². The summed E-state index contributed by atoms with van der Waals surface area (Å²) in [6.07, 6.45) is 10.8. The molecule has 0 fully saturated rings. The summed E-state index contributed by atoms with van der Waals surface area (Å²) in [4.78, 5) is 10.3. The monoisotopic (exact) mass is 328 g/mol. The molecule has 0 saturated carbocycles. The maximum Gasteiger partial charge on any atom is 0.303 e. The molecule has 0 aromatic carbocycles. The molecule has 23 heavy (non-hydrogen) atoms. The zero-order valence-electron chi connectivity index (χ0n) is 14.1. The third kappa shape index (κ3) is 14.2. The van der Waals surface area contributed by atoms with Gasteiger partial charge in [-0.1, -0.05) is 56.9 Å². The van der Waals surface area contributed by atoms with Crippen LogP contribution in [0.15, 0.2) is 24.3 Å². The Morgan fingerprint density at radius 2 is 1.61 bits per heavy atom. The van der Waals surface area contributed by atoms with E-state index in [4.69, 9.17) is 5.11 Å². The van der Waals surface area contributed by atoms with Crippen LogP contribution < -0.4 is 0 Å². The van der Waals surface area contributed by atoms with Gasteiger partial charge < -0.3 is 20.4 Å². The van der Waals surface area contributed by atoms with Crippen LogP contribution in [0, 0.1) is 0 Å². The van der Waals surface area contributed by atoms with Crippen LogP contribution in [0.1, 0.15) is 64.7 Å². The van der Waals surface area contributed by atoms with E-state index in [1.807, 2.05) is 19.1 Å². The summed E-state index contributed by atoms with van der Waals surface area (Å²) in [5.41, 5.74) is 0. The van der Waals surface area contributed by atoms with E-state index in [1.165, 1.54) is 12.2 Å². The van der Waals surface area contributed by atoms with Crippen molar-refractivity contribution >= 4 is 5.97 Å². The number of aliphatic hydroxyl groups excluding tert-OH is 3. The number of carboxylic acids is 1. The molecule has 0 aliphatic rings. The van der Waals surface area contributed by atoms with Crippen LogP contribution in [0.5, 0.6) is 0 Å². The average molecular weight is 328 g/mol. The zero-order valence-corrected chi connectivity index (χ0v) is 14.1. The molecule has 0 aliphatic heterocycles. The van der Waals surface area contributed by atoms with Gasteiger partial charge in [-0.05, 0) is 25.7 Å². The minimum atomic E-state index is -0.970. The highest BCUT2D eigenvalue weighted by molar-refractivity contribution is 5.66. The largest absolute Gasteiger partial charge is 0.481 e.